The SMILES string of the molecule is Cc1ccc(N2C(=O)[C@H]3N=NN(Cc4nc(-c5ccccc5Cl)no4)[C@H]3C2=O)cc1C. The topological polar surface area (TPSA) is 104 Å². The zero-order chi connectivity index (χ0) is 21.7. The van der Waals surface area contributed by atoms with E-state index in [1.165, 1.54) is 9.91 Å². The van der Waals surface area contributed by atoms with Crippen LogP contribution in [0.25, 0.3) is 11.4 Å². The summed E-state index contributed by atoms with van der Waals surface area (Å²) in [6.07, 6.45) is 0. The summed E-state index contributed by atoms with van der Waals surface area (Å²) < 4.78 is 5.31. The predicted octanol–water partition coefficient (Wildman–Crippen LogP) is 3.50. The van der Waals surface area contributed by atoms with Gasteiger partial charge in [0.1, 0.15) is 6.54 Å². The summed E-state index contributed by atoms with van der Waals surface area (Å²) >= 11 is 6.19. The number of rotatable bonds is 4. The second-order valence-corrected chi connectivity index (χ2v) is 7.87. The molecule has 1 aromatic heterocycles. The third kappa shape index (κ3) is 3.17. The number of carbonyl (C=O) groups is 2. The molecule has 2 atom stereocenters. The van der Waals surface area contributed by atoms with Gasteiger partial charge in [0.25, 0.3) is 11.8 Å². The van der Waals surface area contributed by atoms with Gasteiger partial charge in [-0.25, -0.2) is 4.90 Å². The molecule has 2 aromatic carbocycles. The molecule has 2 aliphatic rings. The molecule has 2 amide bonds. The highest BCUT2D eigenvalue weighted by Gasteiger charge is 2.55. The van der Waals surface area contributed by atoms with Crippen LogP contribution in [0.4, 0.5) is 5.69 Å². The van der Waals surface area contributed by atoms with Gasteiger partial charge in [-0.2, -0.15) is 10.1 Å². The van der Waals surface area contributed by atoms with E-state index in [0.717, 1.165) is 11.1 Å². The Morgan fingerprint density at radius 1 is 1.06 bits per heavy atom. The van der Waals surface area contributed by atoms with Crippen LogP contribution in [0.15, 0.2) is 57.3 Å². The number of nitrogens with zero attached hydrogens (tertiary/aromatic N) is 6. The third-order valence-corrected chi connectivity index (χ3v) is 5.82. The van der Waals surface area contributed by atoms with Crippen molar-refractivity contribution in [1.82, 2.24) is 15.1 Å². The lowest BCUT2D eigenvalue weighted by atomic mass is 10.1. The molecule has 0 aliphatic carbocycles. The van der Waals surface area contributed by atoms with Gasteiger partial charge >= 0.3 is 0 Å². The fraction of sp³-hybridized carbons (Fsp3) is 0.238. The van der Waals surface area contributed by atoms with Gasteiger partial charge in [0.05, 0.1) is 10.7 Å². The van der Waals surface area contributed by atoms with Crippen molar-refractivity contribution in [3.8, 4) is 11.4 Å². The Hall–Kier alpha value is -3.59. The highest BCUT2D eigenvalue weighted by molar-refractivity contribution is 6.33. The summed E-state index contributed by atoms with van der Waals surface area (Å²) in [7, 11) is 0. The van der Waals surface area contributed by atoms with Gasteiger partial charge in [-0.3, -0.25) is 14.6 Å². The molecule has 2 aliphatic heterocycles. The minimum atomic E-state index is -0.889. The van der Waals surface area contributed by atoms with Crippen LogP contribution < -0.4 is 4.90 Å². The van der Waals surface area contributed by atoms with Crippen molar-refractivity contribution in [2.45, 2.75) is 32.5 Å². The first kappa shape index (κ1) is 19.4. The highest BCUT2D eigenvalue weighted by Crippen LogP contribution is 2.33. The monoisotopic (exact) mass is 436 g/mol. The molecule has 9 nitrogen and oxygen atoms in total. The first-order valence-electron chi connectivity index (χ1n) is 9.64. The quantitative estimate of drug-likeness (QED) is 0.580. The van der Waals surface area contributed by atoms with E-state index in [1.54, 1.807) is 18.2 Å². The molecule has 1 saturated heterocycles. The third-order valence-electron chi connectivity index (χ3n) is 5.49. The van der Waals surface area contributed by atoms with Crippen molar-refractivity contribution in [3.05, 3.63) is 64.5 Å². The number of fused-ring (bicyclic) bond motifs is 1. The molecule has 0 saturated carbocycles. The fourth-order valence-corrected chi connectivity index (χ4v) is 3.90. The fourth-order valence-electron chi connectivity index (χ4n) is 3.68. The van der Waals surface area contributed by atoms with Crippen LogP contribution in [0.5, 0.6) is 0 Å². The van der Waals surface area contributed by atoms with Gasteiger partial charge < -0.3 is 4.52 Å². The Bertz CT molecular complexity index is 1240. The van der Waals surface area contributed by atoms with Crippen molar-refractivity contribution in [3.63, 3.8) is 0 Å². The molecule has 1 fully saturated rings. The van der Waals surface area contributed by atoms with E-state index < -0.39 is 18.0 Å². The molecule has 156 valence electrons. The molecule has 3 aromatic rings. The maximum Gasteiger partial charge on any atom is 0.263 e. The molecule has 0 unspecified atom stereocenters. The summed E-state index contributed by atoms with van der Waals surface area (Å²) in [5, 5.41) is 13.9. The number of hydrogen-bond donors (Lipinski definition) is 0. The predicted molar refractivity (Wildman–Crippen MR) is 111 cm³/mol. The van der Waals surface area contributed by atoms with Crippen LogP contribution in [0, 0.1) is 13.8 Å². The van der Waals surface area contributed by atoms with Crippen LogP contribution >= 0.6 is 11.6 Å². The van der Waals surface area contributed by atoms with E-state index >= 15 is 0 Å². The number of imide groups is 1. The molecule has 3 heterocycles. The normalized spacial score (nSPS) is 20.1. The van der Waals surface area contributed by atoms with Crippen LogP contribution in [0.2, 0.25) is 5.02 Å². The summed E-state index contributed by atoms with van der Waals surface area (Å²) in [4.78, 5) is 31.5. The van der Waals surface area contributed by atoms with Crippen molar-refractivity contribution >= 4 is 29.1 Å². The Labute approximate surface area is 182 Å². The zero-order valence-electron chi connectivity index (χ0n) is 16.7. The van der Waals surface area contributed by atoms with Crippen molar-refractivity contribution in [2.24, 2.45) is 10.3 Å². The molecule has 0 radical (unpaired) electrons. The number of benzene rings is 2. The summed E-state index contributed by atoms with van der Waals surface area (Å²) in [5.41, 5.74) is 3.23. The molecule has 5 rings (SSSR count). The van der Waals surface area contributed by atoms with Crippen LogP contribution in [-0.2, 0) is 16.1 Å². The Morgan fingerprint density at radius 3 is 2.65 bits per heavy atom. The van der Waals surface area contributed by atoms with Crippen molar-refractivity contribution < 1.29 is 14.1 Å². The van der Waals surface area contributed by atoms with Crippen LogP contribution in [0.1, 0.15) is 17.0 Å². The first-order valence-corrected chi connectivity index (χ1v) is 10.0. The summed E-state index contributed by atoms with van der Waals surface area (Å²) in [5.74, 6) is -0.209. The summed E-state index contributed by atoms with van der Waals surface area (Å²) in [6, 6.07) is 10.9. The van der Waals surface area contributed by atoms with E-state index in [9.17, 15) is 9.59 Å². The Kier molecular flexibility index (Phi) is 4.55. The van der Waals surface area contributed by atoms with Crippen LogP contribution in [0.3, 0.4) is 0 Å². The number of hydrogen-bond acceptors (Lipinski definition) is 8. The average Bonchev–Trinajstić information content (AvgIpc) is 3.43. The van der Waals surface area contributed by atoms with E-state index in [4.69, 9.17) is 16.1 Å². The van der Waals surface area contributed by atoms with E-state index in [-0.39, 0.29) is 18.3 Å². The number of aromatic nitrogens is 2. The van der Waals surface area contributed by atoms with Gasteiger partial charge in [-0.1, -0.05) is 40.2 Å². The first-order chi connectivity index (χ1) is 14.9. The second kappa shape index (κ2) is 7.28. The number of aryl methyl sites for hydroxylation is 2. The number of carbonyl (C=O) groups excluding carboxylic acids is 2. The van der Waals surface area contributed by atoms with Crippen molar-refractivity contribution in [2.75, 3.05) is 4.90 Å². The maximum absolute atomic E-state index is 13.1. The highest BCUT2D eigenvalue weighted by atomic mass is 35.5. The minimum Gasteiger partial charge on any atom is -0.337 e. The second-order valence-electron chi connectivity index (χ2n) is 7.46. The Balaban J connectivity index is 1.38. The van der Waals surface area contributed by atoms with E-state index in [0.29, 0.717) is 22.1 Å². The zero-order valence-corrected chi connectivity index (χ0v) is 17.4. The molecule has 0 bridgehead atoms. The largest absolute Gasteiger partial charge is 0.337 e. The van der Waals surface area contributed by atoms with Gasteiger partial charge in [0, 0.05) is 5.56 Å². The van der Waals surface area contributed by atoms with Gasteiger partial charge in [0.2, 0.25) is 11.7 Å². The van der Waals surface area contributed by atoms with E-state index in [1.807, 2.05) is 38.1 Å². The lowest BCUT2D eigenvalue weighted by Gasteiger charge is -2.19. The molecular weight excluding hydrogens is 420 g/mol. The van der Waals surface area contributed by atoms with Gasteiger partial charge in [-0.15, -0.1) is 0 Å². The molecule has 0 N–H and O–H groups in total. The lowest BCUT2D eigenvalue weighted by molar-refractivity contribution is -0.123. The average molecular weight is 437 g/mol. The maximum atomic E-state index is 13.1. The minimum absolute atomic E-state index is 0.0436. The lowest BCUT2D eigenvalue weighted by Crippen LogP contribution is -2.39. The molecule has 10 heteroatoms. The van der Waals surface area contributed by atoms with E-state index in [2.05, 4.69) is 20.5 Å². The molecular formula is C21H17ClN6O3. The molecule has 31 heavy (non-hydrogen) atoms. The molecule has 0 spiro atoms. The smallest absolute Gasteiger partial charge is 0.263 e. The number of anilines is 1. The standard InChI is InChI=1S/C21H17ClN6O3/c1-11-7-8-13(9-12(11)2)28-20(29)17-18(21(28)30)27(26-24-17)10-16-23-19(25-31-16)14-5-3-4-6-15(14)22/h3-9,17-18H,10H2,1-2H3/t17-,18+/m0/s1. The number of halogens is 1. The van der Waals surface area contributed by atoms with Gasteiger partial charge in [-0.05, 0) is 49.2 Å². The van der Waals surface area contributed by atoms with Gasteiger partial charge in [0.15, 0.2) is 12.1 Å². The number of amides is 2. The Morgan fingerprint density at radius 2 is 1.87 bits per heavy atom. The van der Waals surface area contributed by atoms with Crippen molar-refractivity contribution in [1.29, 1.82) is 0 Å². The summed E-state index contributed by atoms with van der Waals surface area (Å²) in [6.45, 7) is 3.95. The van der Waals surface area contributed by atoms with Crippen LogP contribution in [-0.4, -0.2) is 39.0 Å².